The Labute approximate surface area is 178 Å². The number of hydrogen-bond donors (Lipinski definition) is 0. The lowest BCUT2D eigenvalue weighted by Crippen LogP contribution is -2.09. The Morgan fingerprint density at radius 2 is 1.57 bits per heavy atom. The molecular formula is C27H28N2O. The molecule has 0 N–H and O–H groups in total. The van der Waals surface area contributed by atoms with Crippen LogP contribution >= 0.6 is 0 Å². The summed E-state index contributed by atoms with van der Waals surface area (Å²) in [5.41, 5.74) is 6.95. The van der Waals surface area contributed by atoms with Crippen LogP contribution in [0.15, 0.2) is 83.9 Å². The third-order valence-corrected chi connectivity index (χ3v) is 5.48. The highest BCUT2D eigenvalue weighted by molar-refractivity contribution is 6.21. The van der Waals surface area contributed by atoms with Crippen LogP contribution in [0, 0.1) is 0 Å². The van der Waals surface area contributed by atoms with Crippen molar-refractivity contribution in [1.82, 2.24) is 4.57 Å². The molecule has 1 heterocycles. The van der Waals surface area contributed by atoms with Gasteiger partial charge < -0.3 is 9.30 Å². The largest absolute Gasteiger partial charge is 0.497 e. The smallest absolute Gasteiger partial charge is 0.119 e. The van der Waals surface area contributed by atoms with Gasteiger partial charge in [0.05, 0.1) is 18.5 Å². The molecule has 0 atom stereocenters. The monoisotopic (exact) mass is 396 g/mol. The predicted octanol–water partition coefficient (Wildman–Crippen LogP) is 6.79. The number of para-hydroxylation sites is 1. The average molecular weight is 397 g/mol. The lowest BCUT2D eigenvalue weighted by Gasteiger charge is -2.12. The predicted molar refractivity (Wildman–Crippen MR) is 126 cm³/mol. The molecule has 1 aromatic heterocycles. The van der Waals surface area contributed by atoms with Crippen LogP contribution in [0.2, 0.25) is 0 Å². The van der Waals surface area contributed by atoms with Gasteiger partial charge in [-0.05, 0) is 43.7 Å². The molecule has 0 radical (unpaired) electrons. The van der Waals surface area contributed by atoms with Crippen molar-refractivity contribution in [1.29, 1.82) is 0 Å². The number of benzene rings is 3. The van der Waals surface area contributed by atoms with Crippen LogP contribution < -0.4 is 4.74 Å². The highest BCUT2D eigenvalue weighted by Gasteiger charge is 2.21. The van der Waals surface area contributed by atoms with Crippen LogP contribution in [0.1, 0.15) is 37.1 Å². The van der Waals surface area contributed by atoms with Crippen LogP contribution in [0.3, 0.4) is 0 Å². The molecule has 0 unspecified atom stereocenters. The quantitative estimate of drug-likeness (QED) is 0.316. The lowest BCUT2D eigenvalue weighted by molar-refractivity contribution is 0.415. The number of ether oxygens (including phenoxy) is 1. The molecule has 0 fully saturated rings. The van der Waals surface area contributed by atoms with E-state index >= 15 is 0 Å². The average Bonchev–Trinajstić information content (AvgIpc) is 3.11. The van der Waals surface area contributed by atoms with Crippen molar-refractivity contribution < 1.29 is 4.74 Å². The Kier molecular flexibility index (Phi) is 5.99. The minimum atomic E-state index is 0.837. The SMILES string of the molecule is CCCc1c(C(=Nc2ccc(OC)cc2)c2ccccc2)c2ccccc2n1CC. The maximum absolute atomic E-state index is 5.32. The van der Waals surface area contributed by atoms with Crippen molar-refractivity contribution in [2.75, 3.05) is 7.11 Å². The number of methoxy groups -OCH3 is 1. The summed E-state index contributed by atoms with van der Waals surface area (Å²) in [6, 6.07) is 27.2. The third kappa shape index (κ3) is 3.76. The Balaban J connectivity index is 2.01. The van der Waals surface area contributed by atoms with Crippen molar-refractivity contribution in [2.45, 2.75) is 33.2 Å². The Morgan fingerprint density at radius 3 is 2.23 bits per heavy atom. The maximum atomic E-state index is 5.32. The van der Waals surface area contributed by atoms with Crippen LogP contribution in [0.4, 0.5) is 5.69 Å². The van der Waals surface area contributed by atoms with E-state index in [1.54, 1.807) is 7.11 Å². The van der Waals surface area contributed by atoms with Gasteiger partial charge in [0, 0.05) is 34.3 Å². The van der Waals surface area contributed by atoms with Gasteiger partial charge in [0.15, 0.2) is 0 Å². The molecular weight excluding hydrogens is 368 g/mol. The molecule has 0 spiro atoms. The van der Waals surface area contributed by atoms with Gasteiger partial charge in [0.1, 0.15) is 5.75 Å². The van der Waals surface area contributed by atoms with Gasteiger partial charge in [-0.2, -0.15) is 0 Å². The van der Waals surface area contributed by atoms with Crippen LogP contribution in [-0.4, -0.2) is 17.4 Å². The summed E-state index contributed by atoms with van der Waals surface area (Å²) in [5.74, 6) is 0.837. The van der Waals surface area contributed by atoms with Gasteiger partial charge in [-0.25, -0.2) is 4.99 Å². The number of rotatable bonds is 7. The standard InChI is InChI=1S/C27H28N2O/c1-4-11-25-26(23-14-9-10-15-24(23)29(25)5-2)27(20-12-7-6-8-13-20)28-21-16-18-22(30-3)19-17-21/h6-10,12-19H,4-5,11H2,1-3H3. The minimum absolute atomic E-state index is 0.837. The van der Waals surface area contributed by atoms with Crippen molar-refractivity contribution in [3.63, 3.8) is 0 Å². The third-order valence-electron chi connectivity index (χ3n) is 5.48. The minimum Gasteiger partial charge on any atom is -0.497 e. The van der Waals surface area contributed by atoms with E-state index in [1.165, 1.54) is 22.2 Å². The maximum Gasteiger partial charge on any atom is 0.119 e. The lowest BCUT2D eigenvalue weighted by atomic mass is 9.97. The second-order valence-corrected chi connectivity index (χ2v) is 7.36. The summed E-state index contributed by atoms with van der Waals surface area (Å²) < 4.78 is 7.76. The zero-order valence-corrected chi connectivity index (χ0v) is 17.9. The van der Waals surface area contributed by atoms with Crippen LogP contribution in [0.5, 0.6) is 5.75 Å². The van der Waals surface area contributed by atoms with E-state index < -0.39 is 0 Å². The molecule has 3 aromatic carbocycles. The number of aliphatic imine (C=N–C) groups is 1. The summed E-state index contributed by atoms with van der Waals surface area (Å²) in [7, 11) is 1.68. The zero-order valence-electron chi connectivity index (χ0n) is 17.9. The van der Waals surface area contributed by atoms with E-state index in [0.29, 0.717) is 0 Å². The number of nitrogens with zero attached hydrogens (tertiary/aromatic N) is 2. The topological polar surface area (TPSA) is 26.5 Å². The molecule has 30 heavy (non-hydrogen) atoms. The molecule has 152 valence electrons. The summed E-state index contributed by atoms with van der Waals surface area (Å²) in [6.45, 7) is 5.41. The van der Waals surface area contributed by atoms with E-state index in [1.807, 2.05) is 24.3 Å². The highest BCUT2D eigenvalue weighted by Crippen LogP contribution is 2.31. The fourth-order valence-corrected chi connectivity index (χ4v) is 4.13. The van der Waals surface area contributed by atoms with Gasteiger partial charge in [-0.3, -0.25) is 0 Å². The van der Waals surface area contributed by atoms with Gasteiger partial charge in [-0.15, -0.1) is 0 Å². The normalized spacial score (nSPS) is 11.8. The zero-order chi connectivity index (χ0) is 20.9. The number of aryl methyl sites for hydroxylation is 1. The molecule has 3 nitrogen and oxygen atoms in total. The van der Waals surface area contributed by atoms with Crippen LogP contribution in [-0.2, 0) is 13.0 Å². The first-order chi connectivity index (χ1) is 14.8. The van der Waals surface area contributed by atoms with Crippen molar-refractivity contribution in [3.05, 3.63) is 95.7 Å². The molecule has 0 aliphatic carbocycles. The molecule has 0 bridgehead atoms. The molecule has 0 aliphatic heterocycles. The molecule has 4 aromatic rings. The first-order valence-electron chi connectivity index (χ1n) is 10.7. The molecule has 4 rings (SSSR count). The molecule has 0 saturated heterocycles. The Morgan fingerprint density at radius 1 is 0.867 bits per heavy atom. The first-order valence-corrected chi connectivity index (χ1v) is 10.7. The van der Waals surface area contributed by atoms with E-state index in [0.717, 1.165) is 42.1 Å². The molecule has 3 heteroatoms. The van der Waals surface area contributed by atoms with E-state index in [4.69, 9.17) is 9.73 Å². The van der Waals surface area contributed by atoms with Gasteiger partial charge in [0.2, 0.25) is 0 Å². The Bertz CT molecular complexity index is 1150. The molecule has 0 amide bonds. The van der Waals surface area contributed by atoms with Crippen molar-refractivity contribution >= 4 is 22.3 Å². The van der Waals surface area contributed by atoms with Gasteiger partial charge in [-0.1, -0.05) is 61.9 Å². The molecule has 0 aliphatic rings. The van der Waals surface area contributed by atoms with E-state index in [9.17, 15) is 0 Å². The number of hydrogen-bond acceptors (Lipinski definition) is 2. The second kappa shape index (κ2) is 9.00. The highest BCUT2D eigenvalue weighted by atomic mass is 16.5. The Hall–Kier alpha value is -3.33. The summed E-state index contributed by atoms with van der Waals surface area (Å²) in [5, 5.41) is 1.26. The van der Waals surface area contributed by atoms with Gasteiger partial charge >= 0.3 is 0 Å². The summed E-state index contributed by atoms with van der Waals surface area (Å²) >= 11 is 0. The van der Waals surface area contributed by atoms with Crippen LogP contribution in [0.25, 0.3) is 10.9 Å². The summed E-state index contributed by atoms with van der Waals surface area (Å²) in [4.78, 5) is 5.16. The molecule has 0 saturated carbocycles. The number of fused-ring (bicyclic) bond motifs is 1. The van der Waals surface area contributed by atoms with Crippen molar-refractivity contribution in [3.8, 4) is 5.75 Å². The summed E-state index contributed by atoms with van der Waals surface area (Å²) in [6.07, 6.45) is 2.11. The van der Waals surface area contributed by atoms with Gasteiger partial charge in [0.25, 0.3) is 0 Å². The van der Waals surface area contributed by atoms with E-state index in [-0.39, 0.29) is 0 Å². The fraction of sp³-hybridized carbons (Fsp3) is 0.222. The first kappa shape index (κ1) is 20.0. The fourth-order valence-electron chi connectivity index (χ4n) is 4.13. The van der Waals surface area contributed by atoms with Crippen molar-refractivity contribution in [2.24, 2.45) is 4.99 Å². The van der Waals surface area contributed by atoms with E-state index in [2.05, 4.69) is 73.0 Å². The number of aromatic nitrogens is 1. The second-order valence-electron chi connectivity index (χ2n) is 7.36.